The fourth-order valence-electron chi connectivity index (χ4n) is 2.87. The van der Waals surface area contributed by atoms with E-state index in [1.807, 2.05) is 11.7 Å². The molecule has 0 fully saturated rings. The molecule has 1 heterocycles. The van der Waals surface area contributed by atoms with E-state index in [0.717, 1.165) is 29.4 Å². The Hall–Kier alpha value is -0.650. The summed E-state index contributed by atoms with van der Waals surface area (Å²) in [5.41, 5.74) is 6.87. The molecule has 1 aromatic heterocycles. The van der Waals surface area contributed by atoms with Crippen molar-refractivity contribution in [3.63, 3.8) is 0 Å². The Bertz CT molecular complexity index is 478. The number of halogens is 1. The lowest BCUT2D eigenvalue weighted by Gasteiger charge is -2.20. The molecule has 1 aliphatic rings. The highest BCUT2D eigenvalue weighted by Gasteiger charge is 2.18. The summed E-state index contributed by atoms with van der Waals surface area (Å²) in [6, 6.07) is 0.274. The summed E-state index contributed by atoms with van der Waals surface area (Å²) in [7, 11) is 2.01. The maximum atomic E-state index is 5.76. The molecule has 5 heteroatoms. The highest BCUT2D eigenvalue weighted by molar-refractivity contribution is 9.10. The van der Waals surface area contributed by atoms with Gasteiger partial charge in [0.15, 0.2) is 0 Å². The lowest BCUT2D eigenvalue weighted by molar-refractivity contribution is 0.490. The van der Waals surface area contributed by atoms with Crippen LogP contribution >= 0.6 is 15.9 Å². The van der Waals surface area contributed by atoms with Crippen LogP contribution in [0.4, 0.5) is 0 Å². The number of rotatable bonds is 6. The third-order valence-electron chi connectivity index (χ3n) is 4.07. The second kappa shape index (κ2) is 7.38. The van der Waals surface area contributed by atoms with Gasteiger partial charge >= 0.3 is 0 Å². The smallest absolute Gasteiger partial charge is 0.0766 e. The van der Waals surface area contributed by atoms with E-state index in [9.17, 15) is 0 Å². The molecule has 4 nitrogen and oxygen atoms in total. The summed E-state index contributed by atoms with van der Waals surface area (Å²) in [6.07, 6.45) is 10.4. The molecule has 1 atom stereocenters. The number of allylic oxidation sites excluding steroid dienone is 1. The van der Waals surface area contributed by atoms with Gasteiger partial charge in [-0.2, -0.15) is 5.10 Å². The molecule has 112 valence electrons. The van der Waals surface area contributed by atoms with E-state index in [-0.39, 0.29) is 6.04 Å². The molecule has 0 saturated carbocycles. The lowest BCUT2D eigenvalue weighted by atomic mass is 9.93. The van der Waals surface area contributed by atoms with Crippen LogP contribution in [0.25, 0.3) is 0 Å². The molecule has 20 heavy (non-hydrogen) atoms. The average molecular weight is 341 g/mol. The average Bonchev–Trinajstić information content (AvgIpc) is 2.74. The van der Waals surface area contributed by atoms with Crippen LogP contribution in [0.2, 0.25) is 0 Å². The highest BCUT2D eigenvalue weighted by Crippen LogP contribution is 2.26. The van der Waals surface area contributed by atoms with Crippen LogP contribution in [0.5, 0.6) is 0 Å². The van der Waals surface area contributed by atoms with Crippen molar-refractivity contribution in [2.45, 2.75) is 57.9 Å². The van der Waals surface area contributed by atoms with Crippen molar-refractivity contribution >= 4 is 15.9 Å². The van der Waals surface area contributed by atoms with Crippen LogP contribution in [-0.2, 0) is 19.9 Å². The molecule has 1 aliphatic carbocycles. The fourth-order valence-corrected chi connectivity index (χ4v) is 3.65. The Labute approximate surface area is 129 Å². The summed E-state index contributed by atoms with van der Waals surface area (Å²) in [4.78, 5) is 0. The first-order valence-corrected chi connectivity index (χ1v) is 8.29. The first kappa shape index (κ1) is 15.7. The fraction of sp³-hybridized carbons (Fsp3) is 0.667. The van der Waals surface area contributed by atoms with Gasteiger partial charge in [0.05, 0.1) is 15.9 Å². The molecule has 3 N–H and O–H groups in total. The molecule has 0 aliphatic heterocycles. The van der Waals surface area contributed by atoms with Crippen molar-refractivity contribution in [1.29, 1.82) is 0 Å². The van der Waals surface area contributed by atoms with Gasteiger partial charge in [-0.3, -0.25) is 16.0 Å². The minimum atomic E-state index is 0.274. The molecule has 0 aromatic carbocycles. The van der Waals surface area contributed by atoms with Crippen LogP contribution in [0, 0.1) is 0 Å². The topological polar surface area (TPSA) is 55.9 Å². The summed E-state index contributed by atoms with van der Waals surface area (Å²) >= 11 is 3.68. The number of aryl methyl sites for hydroxylation is 2. The van der Waals surface area contributed by atoms with E-state index in [0.29, 0.717) is 0 Å². The summed E-state index contributed by atoms with van der Waals surface area (Å²) in [6.45, 7) is 2.13. The second-order valence-electron chi connectivity index (χ2n) is 5.56. The van der Waals surface area contributed by atoms with E-state index in [2.05, 4.69) is 39.5 Å². The monoisotopic (exact) mass is 340 g/mol. The van der Waals surface area contributed by atoms with Gasteiger partial charge < -0.3 is 0 Å². The maximum absolute atomic E-state index is 5.76. The Morgan fingerprint density at radius 1 is 1.45 bits per heavy atom. The number of nitrogens with two attached hydrogens (primary N) is 1. The van der Waals surface area contributed by atoms with E-state index < -0.39 is 0 Å². The van der Waals surface area contributed by atoms with Crippen molar-refractivity contribution in [1.82, 2.24) is 15.2 Å². The van der Waals surface area contributed by atoms with Crippen LogP contribution in [0.3, 0.4) is 0 Å². The minimum Gasteiger partial charge on any atom is -0.271 e. The normalized spacial score (nSPS) is 17.1. The Morgan fingerprint density at radius 2 is 2.25 bits per heavy atom. The molecule has 0 bridgehead atoms. The predicted octanol–water partition coefficient (Wildman–Crippen LogP) is 3.01. The van der Waals surface area contributed by atoms with Crippen molar-refractivity contribution in [3.05, 3.63) is 27.5 Å². The first-order valence-electron chi connectivity index (χ1n) is 7.50. The summed E-state index contributed by atoms with van der Waals surface area (Å²) < 4.78 is 3.11. The zero-order valence-corrected chi connectivity index (χ0v) is 14.0. The molecule has 0 radical (unpaired) electrons. The first-order chi connectivity index (χ1) is 9.65. The van der Waals surface area contributed by atoms with Gasteiger partial charge in [-0.1, -0.05) is 18.6 Å². The standard InChI is InChI=1S/C15H25BrN4/c1-3-13-15(16)14(20(2)19-13)10-12(18-17)9-11-7-5-4-6-8-11/h7,12,18H,3-6,8-10,17H2,1-2H3. The highest BCUT2D eigenvalue weighted by atomic mass is 79.9. The van der Waals surface area contributed by atoms with Crippen molar-refractivity contribution in [3.8, 4) is 0 Å². The maximum Gasteiger partial charge on any atom is 0.0766 e. The van der Waals surface area contributed by atoms with E-state index in [1.165, 1.54) is 31.4 Å². The van der Waals surface area contributed by atoms with Crippen LogP contribution < -0.4 is 11.3 Å². The van der Waals surface area contributed by atoms with Crippen LogP contribution in [0.15, 0.2) is 16.1 Å². The molecule has 0 amide bonds. The molecular weight excluding hydrogens is 316 g/mol. The van der Waals surface area contributed by atoms with Gasteiger partial charge in [-0.05, 0) is 54.5 Å². The molecule has 1 unspecified atom stereocenters. The molecule has 1 aromatic rings. The molecule has 0 saturated heterocycles. The zero-order chi connectivity index (χ0) is 14.5. The van der Waals surface area contributed by atoms with E-state index >= 15 is 0 Å². The van der Waals surface area contributed by atoms with Gasteiger partial charge in [-0.25, -0.2) is 0 Å². The van der Waals surface area contributed by atoms with Gasteiger partial charge in [0, 0.05) is 19.5 Å². The third-order valence-corrected chi connectivity index (χ3v) is 4.99. The van der Waals surface area contributed by atoms with Gasteiger partial charge in [0.25, 0.3) is 0 Å². The minimum absolute atomic E-state index is 0.274. The number of hydrazine groups is 1. The molecule has 2 rings (SSSR count). The Kier molecular flexibility index (Phi) is 5.81. The Morgan fingerprint density at radius 3 is 2.80 bits per heavy atom. The van der Waals surface area contributed by atoms with Crippen molar-refractivity contribution in [2.24, 2.45) is 12.9 Å². The summed E-state index contributed by atoms with van der Waals surface area (Å²) in [5, 5.41) is 4.55. The Balaban J connectivity index is 2.06. The summed E-state index contributed by atoms with van der Waals surface area (Å²) in [5.74, 6) is 5.76. The number of hydrogen-bond donors (Lipinski definition) is 2. The van der Waals surface area contributed by atoms with Crippen molar-refractivity contribution < 1.29 is 0 Å². The largest absolute Gasteiger partial charge is 0.271 e. The van der Waals surface area contributed by atoms with Crippen molar-refractivity contribution in [2.75, 3.05) is 0 Å². The molecule has 0 spiro atoms. The second-order valence-corrected chi connectivity index (χ2v) is 6.36. The number of nitrogens with zero attached hydrogens (tertiary/aromatic N) is 2. The van der Waals surface area contributed by atoms with E-state index in [4.69, 9.17) is 5.84 Å². The van der Waals surface area contributed by atoms with Gasteiger partial charge in [0.2, 0.25) is 0 Å². The number of nitrogens with one attached hydrogen (secondary N) is 1. The van der Waals surface area contributed by atoms with Gasteiger partial charge in [-0.15, -0.1) is 0 Å². The SMILES string of the molecule is CCc1nn(C)c(CC(CC2=CCCCC2)NN)c1Br. The van der Waals surface area contributed by atoms with Gasteiger partial charge in [0.1, 0.15) is 0 Å². The van der Waals surface area contributed by atoms with Crippen LogP contribution in [-0.4, -0.2) is 15.8 Å². The quantitative estimate of drug-likeness (QED) is 0.475. The predicted molar refractivity (Wildman–Crippen MR) is 86.3 cm³/mol. The third kappa shape index (κ3) is 3.71. The number of aromatic nitrogens is 2. The zero-order valence-electron chi connectivity index (χ0n) is 12.5. The van der Waals surface area contributed by atoms with Crippen LogP contribution in [0.1, 0.15) is 50.4 Å². The lowest BCUT2D eigenvalue weighted by Crippen LogP contribution is -2.37. The van der Waals surface area contributed by atoms with E-state index in [1.54, 1.807) is 5.57 Å². The molecular formula is C15H25BrN4. The number of hydrogen-bond acceptors (Lipinski definition) is 3.